The molecule has 1 aliphatic rings. The van der Waals surface area contributed by atoms with Crippen molar-refractivity contribution in [2.75, 3.05) is 18.6 Å². The molecule has 6 heteroatoms. The summed E-state index contributed by atoms with van der Waals surface area (Å²) in [6.45, 7) is 2.64. The van der Waals surface area contributed by atoms with Gasteiger partial charge in [-0.2, -0.15) is 0 Å². The van der Waals surface area contributed by atoms with Crippen LogP contribution < -0.4 is 10.2 Å². The van der Waals surface area contributed by atoms with Crippen LogP contribution in [0.2, 0.25) is 0 Å². The Hall–Kier alpha value is -3.15. The lowest BCUT2D eigenvalue weighted by Crippen LogP contribution is -2.31. The first-order chi connectivity index (χ1) is 13.5. The number of benzene rings is 2. The summed E-state index contributed by atoms with van der Waals surface area (Å²) >= 11 is 0. The molecule has 0 spiro atoms. The van der Waals surface area contributed by atoms with Gasteiger partial charge < -0.3 is 15.0 Å². The molecule has 1 unspecified atom stereocenters. The van der Waals surface area contributed by atoms with E-state index < -0.39 is 12.0 Å². The van der Waals surface area contributed by atoms with Crippen LogP contribution in [0.25, 0.3) is 0 Å². The summed E-state index contributed by atoms with van der Waals surface area (Å²) in [5, 5.41) is 2.92. The number of amides is 2. The van der Waals surface area contributed by atoms with E-state index in [2.05, 4.69) is 5.32 Å². The highest BCUT2D eigenvalue weighted by atomic mass is 16.5. The fourth-order valence-electron chi connectivity index (χ4n) is 3.28. The van der Waals surface area contributed by atoms with Gasteiger partial charge in [0, 0.05) is 24.2 Å². The Morgan fingerprint density at radius 1 is 1.18 bits per heavy atom. The normalized spacial score (nSPS) is 14.6. The molecule has 0 saturated carbocycles. The maximum Gasteiger partial charge on any atom is 0.307 e. The second-order valence-corrected chi connectivity index (χ2v) is 6.92. The number of methoxy groups -OCH3 is 1. The number of anilines is 1. The van der Waals surface area contributed by atoms with Crippen LogP contribution in [0.3, 0.4) is 0 Å². The van der Waals surface area contributed by atoms with Gasteiger partial charge in [-0.15, -0.1) is 0 Å². The zero-order valence-corrected chi connectivity index (χ0v) is 16.1. The lowest BCUT2D eigenvalue weighted by Gasteiger charge is -2.20. The zero-order chi connectivity index (χ0) is 20.1. The Balaban J connectivity index is 1.80. The third kappa shape index (κ3) is 4.57. The zero-order valence-electron chi connectivity index (χ0n) is 16.1. The van der Waals surface area contributed by atoms with Crippen molar-refractivity contribution in [2.24, 2.45) is 0 Å². The molecule has 0 radical (unpaired) electrons. The van der Waals surface area contributed by atoms with Gasteiger partial charge in [0.1, 0.15) is 0 Å². The number of ether oxygens (including phenoxy) is 1. The number of nitrogens with zero attached hydrogens (tertiary/aromatic N) is 1. The molecule has 1 aliphatic heterocycles. The highest BCUT2D eigenvalue weighted by Gasteiger charge is 2.23. The third-order valence-electron chi connectivity index (χ3n) is 4.88. The van der Waals surface area contributed by atoms with Crippen molar-refractivity contribution in [1.29, 1.82) is 0 Å². The molecule has 0 aliphatic carbocycles. The summed E-state index contributed by atoms with van der Waals surface area (Å²) in [5.74, 6) is -0.633. The quantitative estimate of drug-likeness (QED) is 0.781. The van der Waals surface area contributed by atoms with Crippen molar-refractivity contribution in [3.05, 3.63) is 65.2 Å². The molecule has 146 valence electrons. The van der Waals surface area contributed by atoms with Crippen molar-refractivity contribution in [3.8, 4) is 0 Å². The first-order valence-electron chi connectivity index (χ1n) is 9.32. The molecule has 1 saturated heterocycles. The molecule has 0 bridgehead atoms. The van der Waals surface area contributed by atoms with Crippen LogP contribution >= 0.6 is 0 Å². The Morgan fingerprint density at radius 3 is 2.57 bits per heavy atom. The van der Waals surface area contributed by atoms with E-state index in [1.165, 1.54) is 7.11 Å². The van der Waals surface area contributed by atoms with Crippen molar-refractivity contribution in [3.63, 3.8) is 0 Å². The number of nitrogens with one attached hydrogen (secondary N) is 1. The SMILES string of the molecule is COC(=O)CC(NC(=O)c1cccc(N2CCCC2=O)c1)c1ccc(C)cc1. The van der Waals surface area contributed by atoms with Gasteiger partial charge >= 0.3 is 5.97 Å². The van der Waals surface area contributed by atoms with Crippen LogP contribution in [0.5, 0.6) is 0 Å². The molecule has 2 amide bonds. The lowest BCUT2D eigenvalue weighted by molar-refractivity contribution is -0.141. The van der Waals surface area contributed by atoms with Crippen molar-refractivity contribution < 1.29 is 19.1 Å². The molecule has 1 fully saturated rings. The predicted molar refractivity (Wildman–Crippen MR) is 106 cm³/mol. The highest BCUT2D eigenvalue weighted by Crippen LogP contribution is 2.23. The van der Waals surface area contributed by atoms with Crippen LogP contribution in [-0.4, -0.2) is 31.4 Å². The summed E-state index contributed by atoms with van der Waals surface area (Å²) in [4.78, 5) is 38.3. The number of rotatable bonds is 6. The van der Waals surface area contributed by atoms with Gasteiger partial charge in [0.15, 0.2) is 0 Å². The topological polar surface area (TPSA) is 75.7 Å². The van der Waals surface area contributed by atoms with Crippen LogP contribution in [0, 0.1) is 6.92 Å². The summed E-state index contributed by atoms with van der Waals surface area (Å²) < 4.78 is 4.78. The molecule has 1 N–H and O–H groups in total. The summed E-state index contributed by atoms with van der Waals surface area (Å²) in [6, 6.07) is 14.1. The van der Waals surface area contributed by atoms with E-state index in [9.17, 15) is 14.4 Å². The van der Waals surface area contributed by atoms with Gasteiger partial charge in [-0.25, -0.2) is 0 Å². The van der Waals surface area contributed by atoms with Gasteiger partial charge in [0.2, 0.25) is 5.91 Å². The van der Waals surface area contributed by atoms with E-state index in [0.29, 0.717) is 18.5 Å². The fourth-order valence-corrected chi connectivity index (χ4v) is 3.28. The predicted octanol–water partition coefficient (Wildman–Crippen LogP) is 3.16. The third-order valence-corrected chi connectivity index (χ3v) is 4.88. The largest absolute Gasteiger partial charge is 0.469 e. The minimum atomic E-state index is -0.502. The highest BCUT2D eigenvalue weighted by molar-refractivity contribution is 5.99. The number of aryl methyl sites for hydroxylation is 1. The van der Waals surface area contributed by atoms with Crippen LogP contribution in [0.4, 0.5) is 5.69 Å². The average molecular weight is 380 g/mol. The smallest absolute Gasteiger partial charge is 0.307 e. The molecule has 1 atom stereocenters. The lowest BCUT2D eigenvalue weighted by atomic mass is 10.0. The molecular weight excluding hydrogens is 356 g/mol. The van der Waals surface area contributed by atoms with Gasteiger partial charge in [-0.3, -0.25) is 14.4 Å². The minimum Gasteiger partial charge on any atom is -0.469 e. The first-order valence-corrected chi connectivity index (χ1v) is 9.32. The van der Waals surface area contributed by atoms with Crippen molar-refractivity contribution in [2.45, 2.75) is 32.2 Å². The number of esters is 1. The standard InChI is InChI=1S/C22H24N2O4/c1-15-8-10-16(11-9-15)19(14-21(26)28-2)23-22(27)17-5-3-6-18(13-17)24-12-4-7-20(24)25/h3,5-6,8-11,13,19H,4,7,12,14H2,1-2H3,(H,23,27). The van der Waals surface area contributed by atoms with Crippen LogP contribution in [0.15, 0.2) is 48.5 Å². The maximum absolute atomic E-state index is 12.8. The molecule has 28 heavy (non-hydrogen) atoms. The van der Waals surface area contributed by atoms with Gasteiger partial charge in [-0.05, 0) is 37.1 Å². The Morgan fingerprint density at radius 2 is 1.93 bits per heavy atom. The van der Waals surface area contributed by atoms with Gasteiger partial charge in [0.05, 0.1) is 19.6 Å². The molecule has 1 heterocycles. The van der Waals surface area contributed by atoms with Gasteiger partial charge in [-0.1, -0.05) is 35.9 Å². The summed E-state index contributed by atoms with van der Waals surface area (Å²) in [5.41, 5.74) is 3.08. The number of carbonyl (C=O) groups is 3. The average Bonchev–Trinajstić information content (AvgIpc) is 3.14. The second kappa shape index (κ2) is 8.69. The molecule has 2 aromatic rings. The summed E-state index contributed by atoms with van der Waals surface area (Å²) in [6.07, 6.45) is 1.39. The van der Waals surface area contributed by atoms with E-state index in [0.717, 1.165) is 23.2 Å². The number of hydrogen-bond donors (Lipinski definition) is 1. The second-order valence-electron chi connectivity index (χ2n) is 6.92. The van der Waals surface area contributed by atoms with Crippen LogP contribution in [0.1, 0.15) is 46.8 Å². The molecule has 0 aromatic heterocycles. The molecular formula is C22H24N2O4. The van der Waals surface area contributed by atoms with Crippen molar-refractivity contribution >= 4 is 23.5 Å². The maximum atomic E-state index is 12.8. The van der Waals surface area contributed by atoms with Gasteiger partial charge in [0.25, 0.3) is 5.91 Å². The van der Waals surface area contributed by atoms with E-state index in [1.54, 1.807) is 23.1 Å². The van der Waals surface area contributed by atoms with Crippen LogP contribution in [-0.2, 0) is 14.3 Å². The van der Waals surface area contributed by atoms with E-state index in [-0.39, 0.29) is 18.2 Å². The van der Waals surface area contributed by atoms with E-state index in [4.69, 9.17) is 4.74 Å². The first kappa shape index (κ1) is 19.6. The van der Waals surface area contributed by atoms with Crippen molar-refractivity contribution in [1.82, 2.24) is 5.32 Å². The number of hydrogen-bond acceptors (Lipinski definition) is 4. The number of carbonyl (C=O) groups excluding carboxylic acids is 3. The Kier molecular flexibility index (Phi) is 6.09. The monoisotopic (exact) mass is 380 g/mol. The summed E-state index contributed by atoms with van der Waals surface area (Å²) in [7, 11) is 1.33. The molecule has 2 aromatic carbocycles. The van der Waals surface area contributed by atoms with E-state index in [1.807, 2.05) is 37.3 Å². The van der Waals surface area contributed by atoms with E-state index >= 15 is 0 Å². The molecule has 3 rings (SSSR count). The Bertz CT molecular complexity index is 876. The fraction of sp³-hybridized carbons (Fsp3) is 0.318. The minimum absolute atomic E-state index is 0.0373. The Labute approximate surface area is 164 Å². The molecule has 6 nitrogen and oxygen atoms in total.